The van der Waals surface area contributed by atoms with E-state index < -0.39 is 0 Å². The van der Waals surface area contributed by atoms with Gasteiger partial charge in [-0.3, -0.25) is 5.43 Å². The van der Waals surface area contributed by atoms with E-state index in [0.717, 1.165) is 57.0 Å². The molecular weight excluding hydrogens is 518 g/mol. The van der Waals surface area contributed by atoms with Gasteiger partial charge in [-0.1, -0.05) is 22.7 Å². The minimum absolute atomic E-state index is 0.413. The van der Waals surface area contributed by atoms with Gasteiger partial charge in [-0.15, -0.1) is 20.4 Å². The second-order valence-electron chi connectivity index (χ2n) is 8.87. The molecule has 0 unspecified atom stereocenters. The van der Waals surface area contributed by atoms with Crippen LogP contribution in [-0.2, 0) is 11.3 Å². The van der Waals surface area contributed by atoms with Crippen LogP contribution in [-0.4, -0.2) is 30.4 Å². The van der Waals surface area contributed by atoms with E-state index in [1.807, 2.05) is 44.2 Å². The zero-order valence-electron chi connectivity index (χ0n) is 21.5. The van der Waals surface area contributed by atoms with Gasteiger partial charge in [0.15, 0.2) is 0 Å². The fourth-order valence-electron chi connectivity index (χ4n) is 3.97. The number of hydrogen-bond acceptors (Lipinski definition) is 12. The molecule has 0 bridgehead atoms. The summed E-state index contributed by atoms with van der Waals surface area (Å²) in [4.78, 5) is 2.44. The molecule has 2 aromatic heterocycles. The summed E-state index contributed by atoms with van der Waals surface area (Å²) < 4.78 is 5.06. The van der Waals surface area contributed by atoms with Crippen molar-refractivity contribution in [3.8, 4) is 0 Å². The van der Waals surface area contributed by atoms with Gasteiger partial charge in [-0.2, -0.15) is 10.2 Å². The van der Waals surface area contributed by atoms with E-state index in [2.05, 4.69) is 64.6 Å². The van der Waals surface area contributed by atoms with E-state index in [-0.39, 0.29) is 0 Å². The van der Waals surface area contributed by atoms with Crippen molar-refractivity contribution in [3.63, 3.8) is 0 Å². The first kappa shape index (κ1) is 25.9. The van der Waals surface area contributed by atoms with E-state index >= 15 is 0 Å². The van der Waals surface area contributed by atoms with Crippen LogP contribution < -0.4 is 15.8 Å². The average molecular weight is 548 g/mol. The molecule has 0 saturated carbocycles. The van der Waals surface area contributed by atoms with E-state index in [0.29, 0.717) is 11.7 Å². The molecular formula is C26H29N9OS2. The number of ether oxygens (including phenoxy) is 1. The van der Waals surface area contributed by atoms with Crippen molar-refractivity contribution in [1.82, 2.24) is 10.2 Å². The minimum atomic E-state index is 0.413. The lowest BCUT2D eigenvalue weighted by Gasteiger charge is -2.14. The Kier molecular flexibility index (Phi) is 8.31. The van der Waals surface area contributed by atoms with Crippen LogP contribution in [0.5, 0.6) is 0 Å². The van der Waals surface area contributed by atoms with Crippen molar-refractivity contribution < 1.29 is 4.74 Å². The Morgan fingerprint density at radius 3 is 2.37 bits per heavy atom. The largest absolute Gasteiger partial charge is 0.377 e. The maximum absolute atomic E-state index is 5.06. The highest BCUT2D eigenvalue weighted by Crippen LogP contribution is 2.33. The fourth-order valence-corrected chi connectivity index (χ4v) is 5.51. The first-order valence-electron chi connectivity index (χ1n) is 12.3. The monoisotopic (exact) mass is 547 g/mol. The highest BCUT2D eigenvalue weighted by molar-refractivity contribution is 7.20. The molecule has 0 spiro atoms. The number of benzene rings is 2. The van der Waals surface area contributed by atoms with Gasteiger partial charge in [-0.05, 0) is 86.3 Å². The molecule has 1 aliphatic heterocycles. The highest BCUT2D eigenvalue weighted by Gasteiger charge is 2.14. The van der Waals surface area contributed by atoms with Gasteiger partial charge in [-0.25, -0.2) is 0 Å². The summed E-state index contributed by atoms with van der Waals surface area (Å²) in [7, 11) is 1.62. The molecule has 1 saturated heterocycles. The molecule has 0 radical (unpaired) electrons. The van der Waals surface area contributed by atoms with Crippen LogP contribution in [0, 0.1) is 13.8 Å². The van der Waals surface area contributed by atoms with Crippen molar-refractivity contribution in [2.45, 2.75) is 33.3 Å². The topological polar surface area (TPSA) is 112 Å². The summed E-state index contributed by atoms with van der Waals surface area (Å²) >= 11 is 3.12. The van der Waals surface area contributed by atoms with E-state index in [1.54, 1.807) is 18.4 Å². The second kappa shape index (κ2) is 12.2. The molecule has 12 heteroatoms. The Labute approximate surface area is 229 Å². The van der Waals surface area contributed by atoms with Gasteiger partial charge in [0.05, 0.1) is 27.8 Å². The summed E-state index contributed by atoms with van der Waals surface area (Å²) in [5.41, 5.74) is 11.8. The van der Waals surface area contributed by atoms with E-state index in [9.17, 15) is 0 Å². The first-order chi connectivity index (χ1) is 18.6. The predicted molar refractivity (Wildman–Crippen MR) is 154 cm³/mol. The van der Waals surface area contributed by atoms with Crippen molar-refractivity contribution in [2.75, 3.05) is 36.0 Å². The summed E-state index contributed by atoms with van der Waals surface area (Å²) in [6.45, 7) is 6.70. The number of nitrogens with one attached hydrogen (secondary N) is 2. The quantitative estimate of drug-likeness (QED) is 0.153. The Morgan fingerprint density at radius 2 is 1.61 bits per heavy atom. The Bertz CT molecular complexity index is 1440. The van der Waals surface area contributed by atoms with Crippen LogP contribution in [0.1, 0.15) is 29.0 Å². The number of hydrazine groups is 1. The zero-order chi connectivity index (χ0) is 26.3. The molecule has 3 heterocycles. The standard InChI is InChI=1S/C26H29N9OS2/c1-17-15-20(28-31-23-10-11-25(37-23)35-12-4-5-13-35)7-8-21(17)29-27-19-6-9-22(18(2)14-19)30-33-26-34-32-24(38-26)16-36-3/h6-11,14-15,28,31H,4-5,12-13,16H2,1-3H3. The summed E-state index contributed by atoms with van der Waals surface area (Å²) in [6, 6.07) is 16.0. The van der Waals surface area contributed by atoms with E-state index in [1.165, 1.54) is 29.2 Å². The van der Waals surface area contributed by atoms with Crippen LogP contribution in [0.15, 0.2) is 69.0 Å². The SMILES string of the molecule is COCc1nnc(N=Nc2ccc(N=Nc3ccc(NNc4ccc(N5CCCC5)s4)cc3C)cc2C)s1. The van der Waals surface area contributed by atoms with Gasteiger partial charge in [0.25, 0.3) is 5.13 Å². The fraction of sp³-hybridized carbons (Fsp3) is 0.308. The van der Waals surface area contributed by atoms with Gasteiger partial charge in [0, 0.05) is 20.2 Å². The lowest BCUT2D eigenvalue weighted by Crippen LogP contribution is -2.15. The molecule has 10 nitrogen and oxygen atoms in total. The minimum Gasteiger partial charge on any atom is -0.377 e. The van der Waals surface area contributed by atoms with Gasteiger partial charge in [0.1, 0.15) is 16.6 Å². The third-order valence-electron chi connectivity index (χ3n) is 5.96. The molecule has 0 aliphatic carbocycles. The molecule has 38 heavy (non-hydrogen) atoms. The number of thiophene rings is 1. The summed E-state index contributed by atoms with van der Waals surface area (Å²) in [5, 5.41) is 29.0. The molecule has 4 aromatic rings. The van der Waals surface area contributed by atoms with Gasteiger partial charge in [0.2, 0.25) is 0 Å². The highest BCUT2D eigenvalue weighted by atomic mass is 32.1. The van der Waals surface area contributed by atoms with Crippen molar-refractivity contribution >= 4 is 60.6 Å². The molecule has 1 fully saturated rings. The summed E-state index contributed by atoms with van der Waals surface area (Å²) in [5.74, 6) is 0. The molecule has 1 aliphatic rings. The van der Waals surface area contributed by atoms with E-state index in [4.69, 9.17) is 4.74 Å². The molecule has 5 rings (SSSR count). The lowest BCUT2D eigenvalue weighted by atomic mass is 10.2. The molecule has 2 N–H and O–H groups in total. The van der Waals surface area contributed by atoms with Crippen LogP contribution in [0.2, 0.25) is 0 Å². The van der Waals surface area contributed by atoms with Crippen LogP contribution in [0.4, 0.5) is 37.9 Å². The smallest absolute Gasteiger partial charge is 0.251 e. The van der Waals surface area contributed by atoms with Crippen LogP contribution >= 0.6 is 22.7 Å². The Morgan fingerprint density at radius 1 is 0.842 bits per heavy atom. The summed E-state index contributed by atoms with van der Waals surface area (Å²) in [6.07, 6.45) is 2.56. The Hall–Kier alpha value is -3.74. The number of aromatic nitrogens is 2. The molecule has 196 valence electrons. The number of aryl methyl sites for hydroxylation is 2. The number of azo groups is 2. The zero-order valence-corrected chi connectivity index (χ0v) is 23.1. The molecule has 2 aromatic carbocycles. The first-order valence-corrected chi connectivity index (χ1v) is 13.9. The third kappa shape index (κ3) is 6.57. The van der Waals surface area contributed by atoms with Crippen LogP contribution in [0.25, 0.3) is 0 Å². The van der Waals surface area contributed by atoms with Gasteiger partial charge < -0.3 is 15.1 Å². The number of anilines is 3. The normalized spacial score (nSPS) is 13.7. The van der Waals surface area contributed by atoms with Crippen molar-refractivity contribution in [3.05, 3.63) is 64.7 Å². The maximum Gasteiger partial charge on any atom is 0.251 e. The molecule has 0 amide bonds. The van der Waals surface area contributed by atoms with Crippen LogP contribution in [0.3, 0.4) is 0 Å². The predicted octanol–water partition coefficient (Wildman–Crippen LogP) is 8.23. The number of methoxy groups -OCH3 is 1. The Balaban J connectivity index is 1.17. The van der Waals surface area contributed by atoms with Crippen molar-refractivity contribution in [2.24, 2.45) is 20.5 Å². The number of hydrogen-bond donors (Lipinski definition) is 2. The lowest BCUT2D eigenvalue weighted by molar-refractivity contribution is 0.184. The second-order valence-corrected chi connectivity index (χ2v) is 11.0. The molecule has 0 atom stereocenters. The maximum atomic E-state index is 5.06. The van der Waals surface area contributed by atoms with Crippen molar-refractivity contribution in [1.29, 1.82) is 0 Å². The number of nitrogens with zero attached hydrogens (tertiary/aromatic N) is 7. The number of rotatable bonds is 10. The third-order valence-corrected chi connectivity index (χ3v) is 7.80. The average Bonchev–Trinajstić information content (AvgIpc) is 3.69. The van der Waals surface area contributed by atoms with Gasteiger partial charge >= 0.3 is 0 Å².